The molecular weight excluding hydrogens is 318 g/mol. The number of carbonyl (C=O) groups excluding carboxylic acids is 1. The van der Waals surface area contributed by atoms with Crippen LogP contribution in [0.15, 0.2) is 24.8 Å². The van der Waals surface area contributed by atoms with Gasteiger partial charge in [-0.3, -0.25) is 19.6 Å². The van der Waals surface area contributed by atoms with E-state index in [1.54, 1.807) is 6.07 Å². The Balaban J connectivity index is 1.64. The predicted octanol–water partition coefficient (Wildman–Crippen LogP) is 0.208. The van der Waals surface area contributed by atoms with E-state index in [4.69, 9.17) is 4.74 Å². The average Bonchev–Trinajstić information content (AvgIpc) is 3.03. The lowest BCUT2D eigenvalue weighted by atomic mass is 10.4. The first kappa shape index (κ1) is 17.1. The van der Waals surface area contributed by atoms with Crippen molar-refractivity contribution in [1.82, 2.24) is 25.1 Å². The highest BCUT2D eigenvalue weighted by molar-refractivity contribution is 5.75. The van der Waals surface area contributed by atoms with Gasteiger partial charge < -0.3 is 15.4 Å². The van der Waals surface area contributed by atoms with Crippen LogP contribution in [0, 0.1) is 10.1 Å². The van der Waals surface area contributed by atoms with Crippen molar-refractivity contribution >= 4 is 17.4 Å². The smallest absolute Gasteiger partial charge is 0.307 e. The Morgan fingerprint density at radius 1 is 1.42 bits per heavy atom. The zero-order valence-corrected chi connectivity index (χ0v) is 13.0. The summed E-state index contributed by atoms with van der Waals surface area (Å²) in [7, 11) is 1.52. The van der Waals surface area contributed by atoms with E-state index >= 15 is 0 Å². The van der Waals surface area contributed by atoms with Gasteiger partial charge in [0.2, 0.25) is 11.8 Å². The zero-order chi connectivity index (χ0) is 17.4. The molecule has 0 unspecified atom stereocenters. The number of hydrogen-bond acceptors (Lipinski definition) is 8. The molecule has 0 radical (unpaired) electrons. The topological polar surface area (TPSA) is 137 Å². The van der Waals surface area contributed by atoms with Crippen LogP contribution in [0.2, 0.25) is 0 Å². The number of carbonyl (C=O) groups is 1. The molecule has 24 heavy (non-hydrogen) atoms. The molecule has 0 bridgehead atoms. The van der Waals surface area contributed by atoms with Crippen LogP contribution in [0.1, 0.15) is 6.42 Å². The molecule has 2 rings (SSSR count). The Kier molecular flexibility index (Phi) is 6.00. The number of methoxy groups -OCH3 is 1. The van der Waals surface area contributed by atoms with Crippen LogP contribution in [0.5, 0.6) is 5.88 Å². The largest absolute Gasteiger partial charge is 0.481 e. The lowest BCUT2D eigenvalue weighted by Gasteiger charge is -2.07. The summed E-state index contributed by atoms with van der Waals surface area (Å²) in [5.41, 5.74) is -0.146. The molecule has 0 spiro atoms. The van der Waals surface area contributed by atoms with Crippen molar-refractivity contribution in [2.24, 2.45) is 0 Å². The average molecular weight is 335 g/mol. The SMILES string of the molecule is COc1cc(NCCCNC(=O)Cn2cc([N+](=O)[O-])cn2)ncn1. The molecule has 0 fully saturated rings. The molecular formula is C13H17N7O4. The number of hydrogen-bond donors (Lipinski definition) is 2. The summed E-state index contributed by atoms with van der Waals surface area (Å²) in [6, 6.07) is 1.67. The van der Waals surface area contributed by atoms with Crippen LogP contribution in [0.25, 0.3) is 0 Å². The molecule has 0 aliphatic rings. The number of nitro groups is 1. The van der Waals surface area contributed by atoms with Gasteiger partial charge in [0.05, 0.1) is 12.0 Å². The molecule has 2 aromatic heterocycles. The number of aromatic nitrogens is 4. The second-order valence-electron chi connectivity index (χ2n) is 4.73. The van der Waals surface area contributed by atoms with Crippen molar-refractivity contribution in [1.29, 1.82) is 0 Å². The van der Waals surface area contributed by atoms with Gasteiger partial charge in [0.25, 0.3) is 0 Å². The molecule has 2 heterocycles. The summed E-state index contributed by atoms with van der Waals surface area (Å²) >= 11 is 0. The van der Waals surface area contributed by atoms with Crippen LogP contribution in [-0.4, -0.2) is 50.8 Å². The normalized spacial score (nSPS) is 10.2. The minimum atomic E-state index is -0.560. The molecule has 0 atom stereocenters. The highest BCUT2D eigenvalue weighted by Gasteiger charge is 2.10. The Morgan fingerprint density at radius 3 is 2.96 bits per heavy atom. The zero-order valence-electron chi connectivity index (χ0n) is 13.0. The molecule has 2 aromatic rings. The van der Waals surface area contributed by atoms with Gasteiger partial charge in [0.15, 0.2) is 0 Å². The van der Waals surface area contributed by atoms with Crippen LogP contribution in [0.3, 0.4) is 0 Å². The maximum Gasteiger partial charge on any atom is 0.307 e. The highest BCUT2D eigenvalue weighted by atomic mass is 16.6. The Hall–Kier alpha value is -3.24. The maximum absolute atomic E-state index is 11.7. The number of rotatable bonds is 9. The fourth-order valence-electron chi connectivity index (χ4n) is 1.82. The number of ether oxygens (including phenoxy) is 1. The second kappa shape index (κ2) is 8.41. The Morgan fingerprint density at radius 2 is 2.25 bits per heavy atom. The summed E-state index contributed by atoms with van der Waals surface area (Å²) in [5.74, 6) is 0.836. The summed E-state index contributed by atoms with van der Waals surface area (Å²) < 4.78 is 6.21. The summed E-state index contributed by atoms with van der Waals surface area (Å²) in [6.45, 7) is 0.996. The number of nitrogens with zero attached hydrogens (tertiary/aromatic N) is 5. The quantitative estimate of drug-likeness (QED) is 0.377. The second-order valence-corrected chi connectivity index (χ2v) is 4.73. The summed E-state index contributed by atoms with van der Waals surface area (Å²) in [5, 5.41) is 20.1. The Labute approximate surface area is 137 Å². The minimum Gasteiger partial charge on any atom is -0.481 e. The van der Waals surface area contributed by atoms with Gasteiger partial charge in [-0.05, 0) is 6.42 Å². The third-order valence-electron chi connectivity index (χ3n) is 2.97. The fraction of sp³-hybridized carbons (Fsp3) is 0.385. The minimum absolute atomic E-state index is 0.0651. The van der Waals surface area contributed by atoms with E-state index in [-0.39, 0.29) is 18.1 Å². The summed E-state index contributed by atoms with van der Waals surface area (Å²) in [6.07, 6.45) is 4.39. The third kappa shape index (κ3) is 5.19. The fourth-order valence-corrected chi connectivity index (χ4v) is 1.82. The van der Waals surface area contributed by atoms with Crippen LogP contribution < -0.4 is 15.4 Å². The van der Waals surface area contributed by atoms with Crippen molar-refractivity contribution in [3.63, 3.8) is 0 Å². The maximum atomic E-state index is 11.7. The van der Waals surface area contributed by atoms with Gasteiger partial charge in [-0.15, -0.1) is 0 Å². The van der Waals surface area contributed by atoms with E-state index in [0.29, 0.717) is 31.2 Å². The van der Waals surface area contributed by atoms with Gasteiger partial charge in [0, 0.05) is 19.2 Å². The van der Waals surface area contributed by atoms with E-state index in [1.807, 2.05) is 0 Å². The van der Waals surface area contributed by atoms with E-state index in [1.165, 1.54) is 24.3 Å². The monoisotopic (exact) mass is 335 g/mol. The van der Waals surface area contributed by atoms with Crippen molar-refractivity contribution in [2.45, 2.75) is 13.0 Å². The first-order chi connectivity index (χ1) is 11.6. The first-order valence-corrected chi connectivity index (χ1v) is 7.12. The third-order valence-corrected chi connectivity index (χ3v) is 2.97. The van der Waals surface area contributed by atoms with Gasteiger partial charge in [-0.1, -0.05) is 0 Å². The van der Waals surface area contributed by atoms with Gasteiger partial charge in [-0.25, -0.2) is 9.97 Å². The van der Waals surface area contributed by atoms with Crippen molar-refractivity contribution in [3.8, 4) is 5.88 Å². The number of nitrogens with one attached hydrogen (secondary N) is 2. The molecule has 0 saturated heterocycles. The highest BCUT2D eigenvalue weighted by Crippen LogP contribution is 2.09. The van der Waals surface area contributed by atoms with Gasteiger partial charge in [-0.2, -0.15) is 5.10 Å². The molecule has 0 aliphatic heterocycles. The van der Waals surface area contributed by atoms with Crippen molar-refractivity contribution in [3.05, 3.63) is 34.9 Å². The van der Waals surface area contributed by atoms with Crippen LogP contribution in [-0.2, 0) is 11.3 Å². The van der Waals surface area contributed by atoms with Crippen LogP contribution >= 0.6 is 0 Å². The number of anilines is 1. The molecule has 11 nitrogen and oxygen atoms in total. The van der Waals surface area contributed by atoms with E-state index in [2.05, 4.69) is 25.7 Å². The van der Waals surface area contributed by atoms with E-state index < -0.39 is 4.92 Å². The van der Waals surface area contributed by atoms with Crippen molar-refractivity contribution < 1.29 is 14.5 Å². The number of amides is 1. The van der Waals surface area contributed by atoms with E-state index in [0.717, 1.165) is 6.20 Å². The first-order valence-electron chi connectivity index (χ1n) is 7.12. The van der Waals surface area contributed by atoms with Crippen LogP contribution in [0.4, 0.5) is 11.5 Å². The lowest BCUT2D eigenvalue weighted by Crippen LogP contribution is -2.29. The standard InChI is InChI=1S/C13H17N7O4/c1-24-13-5-11(16-9-17-13)14-3-2-4-15-12(21)8-19-7-10(6-18-19)20(22)23/h5-7,9H,2-4,8H2,1H3,(H,15,21)(H,14,16,17). The van der Waals surface area contributed by atoms with Gasteiger partial charge >= 0.3 is 5.69 Å². The molecule has 0 aromatic carbocycles. The molecule has 128 valence electrons. The lowest BCUT2D eigenvalue weighted by molar-refractivity contribution is -0.385. The molecule has 0 saturated carbocycles. The summed E-state index contributed by atoms with van der Waals surface area (Å²) in [4.78, 5) is 29.6. The van der Waals surface area contributed by atoms with Crippen molar-refractivity contribution in [2.75, 3.05) is 25.5 Å². The molecule has 0 aliphatic carbocycles. The molecule has 11 heteroatoms. The molecule has 1 amide bonds. The molecule has 2 N–H and O–H groups in total. The van der Waals surface area contributed by atoms with E-state index in [9.17, 15) is 14.9 Å². The van der Waals surface area contributed by atoms with Gasteiger partial charge in [0.1, 0.15) is 31.1 Å². The predicted molar refractivity (Wildman–Crippen MR) is 83.6 cm³/mol. The Bertz CT molecular complexity index is 703.